The van der Waals surface area contributed by atoms with Crippen molar-refractivity contribution in [3.63, 3.8) is 0 Å². The molecule has 8 aromatic heterocycles. The standard InChI is InChI=1S/C25H33N7O2.2C22H23N5O3.C21H24N8O6/c1-19-14-21(28-25(27-19)32-7-6-26-18-32)22-17-30(3)9-11-31(22)10-8-29(2)16-20-4-5-23-24(15-20)34-13-12-33-23;1-15-10-19(26-21(25-15)27-9-8-23-13-27)22(6-7-22)12-24-20(28)5-3-16-2-4-17-18(11-16)30-14-29-17;1-15-11-19(26-21(25-15)27-10-9-23-13-27)22(6-7-22)20(28)24-8-2-3-16-4-5-17-18(12-16)30-14-29-17;1-13-8-17(28-20(27-13)29-7-6-25-11-29)21(18(30)34-22,19(31)35-23)26-5-4-24-10-14-2-3-15-16(9-14)33-12-32-15/h4-7,14-15,18,22H,8-13,16-17H2,1-3H3;2,4,8-11,13H,3,5-7,12,14H2,1H3,(H,24,28);4-5,9-13H,2-3,6-8,14H2,1H3,(H,24,28);2-3,6-9,11,24,26H,4-5,10,12,22-23H2,1H3. The van der Waals surface area contributed by atoms with Gasteiger partial charge in [-0.2, -0.15) is 11.8 Å². The van der Waals surface area contributed by atoms with Gasteiger partial charge in [0.1, 0.15) is 38.5 Å². The molecule has 4 aromatic carbocycles. The van der Waals surface area contributed by atoms with Crippen molar-refractivity contribution in [3.8, 4) is 69.8 Å². The van der Waals surface area contributed by atoms with Crippen LogP contribution >= 0.6 is 0 Å². The van der Waals surface area contributed by atoms with E-state index in [4.69, 9.17) is 59.7 Å². The molecule has 39 heteroatoms. The SMILES string of the molecule is Cc1cc(C(NCCNCc2ccc3c(c2)OCO3)(C(=O)ON)C(=O)ON)nc(-n2ccnc2)n1.Cc1cc(C2(C(=O)NCCCc3ccc4c(c3)OCO4)CC2)nc(-n2ccnc2)n1.Cc1cc(C2(CNC(=O)CCc3ccc4c(c3)OCO4)CC2)nc(-n2ccnc2)n1.Cc1cc(C2CN(C)CCN2CCN(C)Cc2ccc3c(c2)OCCO3)nc(-n2ccnc2)n1. The maximum Gasteiger partial charge on any atom is 0.363 e. The van der Waals surface area contributed by atoms with Gasteiger partial charge >= 0.3 is 11.9 Å². The summed E-state index contributed by atoms with van der Waals surface area (Å²) in [7, 11) is 4.36. The summed E-state index contributed by atoms with van der Waals surface area (Å²) < 4.78 is 50.5. The minimum absolute atomic E-state index is 0.0413. The molecule has 1 saturated heterocycles. The van der Waals surface area contributed by atoms with Crippen molar-refractivity contribution in [1.29, 1.82) is 0 Å². The molecule has 0 spiro atoms. The van der Waals surface area contributed by atoms with Crippen LogP contribution in [0.4, 0.5) is 0 Å². The predicted molar refractivity (Wildman–Crippen MR) is 465 cm³/mol. The molecule has 5 aliphatic heterocycles. The lowest BCUT2D eigenvalue weighted by molar-refractivity contribution is -0.168. The van der Waals surface area contributed by atoms with Gasteiger partial charge in [-0.15, -0.1) is 0 Å². The normalized spacial score (nSPS) is 15.7. The molecular formula is C90H103N25O14. The lowest BCUT2D eigenvalue weighted by Gasteiger charge is -2.40. The Morgan fingerprint density at radius 1 is 0.512 bits per heavy atom. The van der Waals surface area contributed by atoms with E-state index in [1.165, 1.54) is 34.3 Å². The van der Waals surface area contributed by atoms with Gasteiger partial charge in [0.15, 0.2) is 46.0 Å². The third-order valence-electron chi connectivity index (χ3n) is 23.0. The highest BCUT2D eigenvalue weighted by molar-refractivity contribution is 6.05. The fraction of sp³-hybridized carbons (Fsp3) is 0.378. The molecular weight excluding hydrogens is 1660 g/mol. The summed E-state index contributed by atoms with van der Waals surface area (Å²) in [5, 5.41) is 12.3. The van der Waals surface area contributed by atoms with E-state index in [2.05, 4.69) is 128 Å². The molecule has 2 saturated carbocycles. The third kappa shape index (κ3) is 21.5. The number of hydrogen-bond donors (Lipinski definition) is 6. The number of carbonyl (C=O) groups is 4. The van der Waals surface area contributed by atoms with Gasteiger partial charge in [0.2, 0.25) is 56.0 Å². The Kier molecular flexibility index (Phi) is 27.7. The van der Waals surface area contributed by atoms with E-state index in [1.54, 1.807) is 66.0 Å². The number of nitrogens with one attached hydrogen (secondary N) is 4. The van der Waals surface area contributed by atoms with E-state index in [0.29, 0.717) is 87.3 Å². The van der Waals surface area contributed by atoms with E-state index >= 15 is 0 Å². The van der Waals surface area contributed by atoms with E-state index in [0.717, 1.165) is 158 Å². The van der Waals surface area contributed by atoms with Crippen molar-refractivity contribution in [2.24, 2.45) is 11.8 Å². The van der Waals surface area contributed by atoms with Gasteiger partial charge in [-0.1, -0.05) is 24.3 Å². The van der Waals surface area contributed by atoms with Gasteiger partial charge < -0.3 is 73.3 Å². The molecule has 12 aromatic rings. The zero-order valence-corrected chi connectivity index (χ0v) is 72.6. The number of carbonyl (C=O) groups excluding carboxylic acids is 4. The molecule has 2 amide bonds. The van der Waals surface area contributed by atoms with Crippen LogP contribution in [-0.2, 0) is 71.2 Å². The number of amides is 2. The molecule has 672 valence electrons. The highest BCUT2D eigenvalue weighted by atomic mass is 16.7. The molecule has 2 aliphatic carbocycles. The fourth-order valence-electron chi connectivity index (χ4n) is 15.7. The van der Waals surface area contributed by atoms with Gasteiger partial charge in [0.05, 0.1) is 34.2 Å². The van der Waals surface area contributed by atoms with Crippen LogP contribution in [0.3, 0.4) is 0 Å². The van der Waals surface area contributed by atoms with Gasteiger partial charge in [-0.3, -0.25) is 38.1 Å². The Morgan fingerprint density at radius 2 is 0.992 bits per heavy atom. The molecule has 7 aliphatic rings. The summed E-state index contributed by atoms with van der Waals surface area (Å²) in [6.07, 6.45) is 26.8. The first-order valence-electron chi connectivity index (χ1n) is 42.6. The number of likely N-dealkylation sites (N-methyl/N-ethyl adjacent to an activating group) is 2. The average Bonchev–Trinajstić information content (AvgIpc) is 1.54. The maximum atomic E-state index is 13.0. The van der Waals surface area contributed by atoms with E-state index in [9.17, 15) is 19.2 Å². The topological polar surface area (TPSA) is 445 Å². The van der Waals surface area contributed by atoms with E-state index < -0.39 is 22.9 Å². The Morgan fingerprint density at radius 3 is 1.55 bits per heavy atom. The van der Waals surface area contributed by atoms with Crippen LogP contribution in [0, 0.1) is 27.7 Å². The highest BCUT2D eigenvalue weighted by Crippen LogP contribution is 2.49. The number of rotatable bonds is 31. The first-order valence-corrected chi connectivity index (χ1v) is 42.6. The number of fused-ring (bicyclic) bond motifs is 4. The second-order valence-corrected chi connectivity index (χ2v) is 32.5. The van der Waals surface area contributed by atoms with Crippen molar-refractivity contribution >= 4 is 23.8 Å². The molecule has 1 unspecified atom stereocenters. The zero-order chi connectivity index (χ0) is 89.4. The molecule has 39 nitrogen and oxygen atoms in total. The van der Waals surface area contributed by atoms with Gasteiger partial charge in [-0.25, -0.2) is 69.4 Å². The summed E-state index contributed by atoms with van der Waals surface area (Å²) in [5.41, 5.74) is 7.49. The number of piperazine rings is 1. The Hall–Kier alpha value is -14.0. The summed E-state index contributed by atoms with van der Waals surface area (Å²) in [5.74, 6) is 16.3. The van der Waals surface area contributed by atoms with Gasteiger partial charge in [0, 0.05) is 156 Å². The van der Waals surface area contributed by atoms with Crippen molar-refractivity contribution in [2.45, 2.75) is 115 Å². The highest BCUT2D eigenvalue weighted by Gasteiger charge is 2.54. The van der Waals surface area contributed by atoms with Crippen LogP contribution in [0.25, 0.3) is 23.8 Å². The monoisotopic (exact) mass is 1760 g/mol. The maximum absolute atomic E-state index is 13.0. The van der Waals surface area contributed by atoms with Crippen LogP contribution < -0.4 is 71.0 Å². The van der Waals surface area contributed by atoms with E-state index in [1.807, 2.05) is 111 Å². The fourth-order valence-corrected chi connectivity index (χ4v) is 15.7. The van der Waals surface area contributed by atoms with E-state index in [-0.39, 0.29) is 61.8 Å². The number of nitrogens with zero attached hydrogens (tertiary/aromatic N) is 19. The average molecular weight is 1760 g/mol. The summed E-state index contributed by atoms with van der Waals surface area (Å²) in [6.45, 7) is 17.5. The van der Waals surface area contributed by atoms with Crippen LogP contribution in [0.2, 0.25) is 0 Å². The van der Waals surface area contributed by atoms with Crippen LogP contribution in [-0.4, -0.2) is 223 Å². The van der Waals surface area contributed by atoms with Gasteiger partial charge in [-0.05, 0) is 182 Å². The molecule has 3 fully saturated rings. The molecule has 8 N–H and O–H groups in total. The quantitative estimate of drug-likeness (QED) is 0.0159. The molecule has 13 heterocycles. The minimum atomic E-state index is -2.24. The smallest absolute Gasteiger partial charge is 0.363 e. The molecule has 1 atom stereocenters. The number of aromatic nitrogens is 16. The molecule has 19 rings (SSSR count). The zero-order valence-electron chi connectivity index (χ0n) is 72.6. The Bertz CT molecular complexity index is 5860. The van der Waals surface area contributed by atoms with Crippen molar-refractivity contribution in [3.05, 3.63) is 240 Å². The lowest BCUT2D eigenvalue weighted by atomic mass is 9.94. The molecule has 129 heavy (non-hydrogen) atoms. The van der Waals surface area contributed by atoms with Crippen LogP contribution in [0.1, 0.15) is 112 Å². The molecule has 0 bridgehead atoms. The number of nitrogens with two attached hydrogens (primary N) is 2. The first-order chi connectivity index (χ1) is 62.8. The van der Waals surface area contributed by atoms with Crippen molar-refractivity contribution in [1.82, 2.24) is 114 Å². The van der Waals surface area contributed by atoms with Crippen molar-refractivity contribution in [2.75, 3.05) is 107 Å². The number of ether oxygens (including phenoxy) is 8. The Balaban J connectivity index is 0.000000126. The number of imidazole rings is 4. The van der Waals surface area contributed by atoms with Crippen LogP contribution in [0.5, 0.6) is 46.0 Å². The predicted octanol–water partition coefficient (Wildman–Crippen LogP) is 6.23. The van der Waals surface area contributed by atoms with Crippen molar-refractivity contribution < 1.29 is 66.7 Å². The number of hydrogen-bond acceptors (Lipinski definition) is 33. The Labute approximate surface area is 743 Å². The molecule has 0 radical (unpaired) electrons. The summed E-state index contributed by atoms with van der Waals surface area (Å²) >= 11 is 0. The second-order valence-electron chi connectivity index (χ2n) is 32.5. The number of benzene rings is 4. The minimum Gasteiger partial charge on any atom is -0.486 e. The largest absolute Gasteiger partial charge is 0.486 e. The summed E-state index contributed by atoms with van der Waals surface area (Å²) in [4.78, 5) is 120. The second kappa shape index (κ2) is 40.3. The first kappa shape index (κ1) is 88.5. The van der Waals surface area contributed by atoms with Gasteiger partial charge in [0.25, 0.3) is 5.54 Å². The summed E-state index contributed by atoms with van der Waals surface area (Å²) in [6, 6.07) is 31.4. The van der Waals surface area contributed by atoms with Crippen LogP contribution in [0.15, 0.2) is 172 Å². The number of aryl methyl sites for hydroxylation is 6. The lowest BCUT2D eigenvalue weighted by Crippen LogP contribution is -2.59. The third-order valence-corrected chi connectivity index (χ3v) is 23.0.